The number of fused-ring (bicyclic) bond motifs is 1. The van der Waals surface area contributed by atoms with Gasteiger partial charge in [0, 0.05) is 6.42 Å². The van der Waals surface area contributed by atoms with Crippen molar-refractivity contribution in [2.24, 2.45) is 0 Å². The Balaban J connectivity index is 1.68. The monoisotopic (exact) mass is 430 g/mol. The van der Waals surface area contributed by atoms with E-state index >= 15 is 0 Å². The molecule has 1 N–H and O–H groups in total. The van der Waals surface area contributed by atoms with Crippen molar-refractivity contribution in [1.82, 2.24) is 19.5 Å². The van der Waals surface area contributed by atoms with Crippen LogP contribution in [0.15, 0.2) is 54.7 Å². The van der Waals surface area contributed by atoms with Gasteiger partial charge in [0.05, 0.1) is 24.9 Å². The molecule has 0 aliphatic carbocycles. The summed E-state index contributed by atoms with van der Waals surface area (Å²) in [5, 5.41) is 9.48. The van der Waals surface area contributed by atoms with Crippen LogP contribution in [0.3, 0.4) is 0 Å². The van der Waals surface area contributed by atoms with E-state index in [-0.39, 0.29) is 0 Å². The summed E-state index contributed by atoms with van der Waals surface area (Å²) in [5.41, 5.74) is 4.46. The van der Waals surface area contributed by atoms with Crippen LogP contribution in [0.25, 0.3) is 22.3 Å². The first kappa shape index (κ1) is 21.5. The van der Waals surface area contributed by atoms with Crippen LogP contribution < -0.4 is 4.74 Å². The number of carboxylic acids is 1. The SMILES string of the molecule is CCCCc1nc2cnc(OCC)nc2n1Cc1ccc(-c2ccccc2C(=O)O)cc1. The van der Waals surface area contributed by atoms with Gasteiger partial charge in [0.1, 0.15) is 11.3 Å². The molecule has 7 heteroatoms. The number of hydrogen-bond acceptors (Lipinski definition) is 5. The summed E-state index contributed by atoms with van der Waals surface area (Å²) in [4.78, 5) is 25.2. The fourth-order valence-corrected chi connectivity index (χ4v) is 3.73. The Morgan fingerprint density at radius 2 is 1.84 bits per heavy atom. The summed E-state index contributed by atoms with van der Waals surface area (Å²) in [6, 6.07) is 15.4. The molecule has 4 rings (SSSR count). The number of benzene rings is 2. The average Bonchev–Trinajstić information content (AvgIpc) is 3.15. The Morgan fingerprint density at radius 3 is 2.56 bits per heavy atom. The van der Waals surface area contributed by atoms with Crippen molar-refractivity contribution in [3.8, 4) is 17.1 Å². The predicted molar refractivity (Wildman–Crippen MR) is 123 cm³/mol. The van der Waals surface area contributed by atoms with Gasteiger partial charge in [-0.05, 0) is 36.1 Å². The summed E-state index contributed by atoms with van der Waals surface area (Å²) in [6.45, 7) is 5.18. The number of hydrogen-bond donors (Lipinski definition) is 1. The molecular formula is C25H26N4O3. The van der Waals surface area contributed by atoms with Gasteiger partial charge in [-0.15, -0.1) is 0 Å². The highest BCUT2D eigenvalue weighted by molar-refractivity contribution is 5.96. The Morgan fingerprint density at radius 1 is 1.06 bits per heavy atom. The third-order valence-corrected chi connectivity index (χ3v) is 5.34. The molecule has 0 amide bonds. The normalized spacial score (nSPS) is 11.1. The number of imidazole rings is 1. The minimum atomic E-state index is -0.931. The van der Waals surface area contributed by atoms with Crippen molar-refractivity contribution >= 4 is 17.1 Å². The van der Waals surface area contributed by atoms with Gasteiger partial charge >= 0.3 is 12.0 Å². The summed E-state index contributed by atoms with van der Waals surface area (Å²) in [6.07, 6.45) is 4.70. The predicted octanol–water partition coefficient (Wildman–Crippen LogP) is 4.98. The lowest BCUT2D eigenvalue weighted by molar-refractivity contribution is 0.0697. The number of rotatable bonds is 9. The van der Waals surface area contributed by atoms with Gasteiger partial charge in [-0.3, -0.25) is 0 Å². The van der Waals surface area contributed by atoms with E-state index in [4.69, 9.17) is 9.72 Å². The van der Waals surface area contributed by atoms with E-state index in [9.17, 15) is 9.90 Å². The second-order valence-corrected chi connectivity index (χ2v) is 7.56. The molecule has 0 saturated heterocycles. The largest absolute Gasteiger partial charge is 0.478 e. The number of nitrogens with zero attached hydrogens (tertiary/aromatic N) is 4. The lowest BCUT2D eigenvalue weighted by Crippen LogP contribution is -2.07. The molecule has 2 aromatic heterocycles. The molecule has 32 heavy (non-hydrogen) atoms. The molecule has 164 valence electrons. The maximum absolute atomic E-state index is 11.6. The molecule has 0 unspecified atom stereocenters. The molecule has 0 spiro atoms. The van der Waals surface area contributed by atoms with E-state index < -0.39 is 5.97 Å². The van der Waals surface area contributed by atoms with E-state index in [0.29, 0.717) is 30.3 Å². The first-order valence-electron chi connectivity index (χ1n) is 10.9. The second-order valence-electron chi connectivity index (χ2n) is 7.56. The highest BCUT2D eigenvalue weighted by atomic mass is 16.5. The van der Waals surface area contributed by atoms with Crippen LogP contribution in [0.2, 0.25) is 0 Å². The highest BCUT2D eigenvalue weighted by Crippen LogP contribution is 2.25. The van der Waals surface area contributed by atoms with Crippen LogP contribution in [-0.4, -0.2) is 37.2 Å². The maximum Gasteiger partial charge on any atom is 0.336 e. The van der Waals surface area contributed by atoms with Gasteiger partial charge < -0.3 is 14.4 Å². The quantitative estimate of drug-likeness (QED) is 0.403. The molecule has 7 nitrogen and oxygen atoms in total. The number of ether oxygens (including phenoxy) is 1. The van der Waals surface area contributed by atoms with Gasteiger partial charge in [0.25, 0.3) is 0 Å². The molecule has 0 bridgehead atoms. The van der Waals surface area contributed by atoms with Gasteiger partial charge in [-0.1, -0.05) is 55.8 Å². The third kappa shape index (κ3) is 4.46. The Hall–Kier alpha value is -3.74. The second kappa shape index (κ2) is 9.60. The number of aromatic nitrogens is 4. The number of aryl methyl sites for hydroxylation is 1. The molecule has 0 atom stereocenters. The standard InChI is InChI=1S/C25H26N4O3/c1-3-5-10-22-27-21-15-26-25(32-4-2)28-23(21)29(22)16-17-11-13-18(14-12-17)19-8-6-7-9-20(19)24(30)31/h6-9,11-15H,3-5,10,16H2,1-2H3,(H,30,31). The van der Waals surface area contributed by atoms with Crippen LogP contribution in [0, 0.1) is 0 Å². The lowest BCUT2D eigenvalue weighted by atomic mass is 9.99. The van der Waals surface area contributed by atoms with Gasteiger partial charge in [-0.2, -0.15) is 4.98 Å². The van der Waals surface area contributed by atoms with Crippen LogP contribution >= 0.6 is 0 Å². The van der Waals surface area contributed by atoms with Crippen molar-refractivity contribution in [2.45, 2.75) is 39.7 Å². The van der Waals surface area contributed by atoms with Gasteiger partial charge in [-0.25, -0.2) is 14.8 Å². The summed E-state index contributed by atoms with van der Waals surface area (Å²) in [7, 11) is 0. The topological polar surface area (TPSA) is 90.1 Å². The van der Waals surface area contributed by atoms with E-state index in [2.05, 4.69) is 21.5 Å². The molecule has 0 fully saturated rings. The van der Waals surface area contributed by atoms with Crippen molar-refractivity contribution in [3.63, 3.8) is 0 Å². The van der Waals surface area contributed by atoms with Crippen LogP contribution in [0.1, 0.15) is 48.4 Å². The molecule has 0 radical (unpaired) electrons. The number of carbonyl (C=O) groups is 1. The Bertz CT molecular complexity index is 1230. The number of aromatic carboxylic acids is 1. The summed E-state index contributed by atoms with van der Waals surface area (Å²) >= 11 is 0. The van der Waals surface area contributed by atoms with Crippen LogP contribution in [0.4, 0.5) is 0 Å². The molecule has 2 aromatic carbocycles. The molecular weight excluding hydrogens is 404 g/mol. The summed E-state index contributed by atoms with van der Waals surface area (Å²) in [5.74, 6) is 0.0463. The van der Waals surface area contributed by atoms with E-state index in [1.54, 1.807) is 18.3 Å². The number of unbranched alkanes of at least 4 members (excludes halogenated alkanes) is 1. The zero-order valence-corrected chi connectivity index (χ0v) is 18.3. The van der Waals surface area contributed by atoms with Gasteiger partial charge in [0.2, 0.25) is 0 Å². The molecule has 4 aromatic rings. The minimum absolute atomic E-state index is 0.294. The zero-order valence-electron chi connectivity index (χ0n) is 18.3. The van der Waals surface area contributed by atoms with E-state index in [1.165, 1.54) is 0 Å². The van der Waals surface area contributed by atoms with Crippen LogP contribution in [0.5, 0.6) is 6.01 Å². The Kier molecular flexibility index (Phi) is 6.44. The van der Waals surface area contributed by atoms with Crippen LogP contribution in [-0.2, 0) is 13.0 Å². The lowest BCUT2D eigenvalue weighted by Gasteiger charge is -2.11. The van der Waals surface area contributed by atoms with Gasteiger partial charge in [0.15, 0.2) is 5.65 Å². The third-order valence-electron chi connectivity index (χ3n) is 5.34. The number of carboxylic acid groups (broad SMARTS) is 1. The smallest absolute Gasteiger partial charge is 0.336 e. The van der Waals surface area contributed by atoms with Crippen molar-refractivity contribution in [2.75, 3.05) is 6.61 Å². The fourth-order valence-electron chi connectivity index (χ4n) is 3.73. The van der Waals surface area contributed by atoms with E-state index in [0.717, 1.165) is 47.4 Å². The highest BCUT2D eigenvalue weighted by Gasteiger charge is 2.15. The molecule has 0 aliphatic heterocycles. The maximum atomic E-state index is 11.6. The Labute approximate surface area is 186 Å². The molecule has 2 heterocycles. The van der Waals surface area contributed by atoms with Crippen molar-refractivity contribution in [1.29, 1.82) is 0 Å². The van der Waals surface area contributed by atoms with Crippen molar-refractivity contribution < 1.29 is 14.6 Å². The van der Waals surface area contributed by atoms with E-state index in [1.807, 2.05) is 43.3 Å². The van der Waals surface area contributed by atoms with Crippen molar-refractivity contribution in [3.05, 3.63) is 71.7 Å². The molecule has 0 saturated carbocycles. The summed E-state index contributed by atoms with van der Waals surface area (Å²) < 4.78 is 7.61. The first-order chi connectivity index (χ1) is 15.6. The molecule has 0 aliphatic rings. The minimum Gasteiger partial charge on any atom is -0.478 e. The zero-order chi connectivity index (χ0) is 22.5. The average molecular weight is 431 g/mol. The fraction of sp³-hybridized carbons (Fsp3) is 0.280. The first-order valence-corrected chi connectivity index (χ1v) is 10.9.